The number of anilines is 1. The number of ether oxygens (including phenoxy) is 1. The van der Waals surface area contributed by atoms with Gasteiger partial charge in [0.25, 0.3) is 0 Å². The zero-order valence-electron chi connectivity index (χ0n) is 16.5. The van der Waals surface area contributed by atoms with E-state index in [0.29, 0.717) is 11.4 Å². The van der Waals surface area contributed by atoms with Crippen molar-refractivity contribution in [3.63, 3.8) is 0 Å². The van der Waals surface area contributed by atoms with Crippen molar-refractivity contribution in [2.45, 2.75) is 12.5 Å². The highest BCUT2D eigenvalue weighted by molar-refractivity contribution is 6.23. The summed E-state index contributed by atoms with van der Waals surface area (Å²) in [5.74, 6) is -0.180. The molecule has 6 atom stereocenters. The fourth-order valence-corrected chi connectivity index (χ4v) is 6.03. The minimum Gasteiger partial charge on any atom is -0.479 e. The van der Waals surface area contributed by atoms with Crippen LogP contribution in [0, 0.1) is 40.9 Å². The first-order chi connectivity index (χ1) is 15.2. The Bertz CT molecular complexity index is 1140. The number of para-hydroxylation sites is 1. The van der Waals surface area contributed by atoms with E-state index in [0.717, 1.165) is 17.7 Å². The van der Waals surface area contributed by atoms with Crippen LogP contribution in [0.15, 0.2) is 59.8 Å². The van der Waals surface area contributed by atoms with Crippen molar-refractivity contribution in [3.8, 4) is 11.8 Å². The van der Waals surface area contributed by atoms with Gasteiger partial charge >= 0.3 is 0 Å². The molecule has 0 N–H and O–H groups in total. The first-order valence-corrected chi connectivity index (χ1v) is 10.5. The average molecular weight is 413 g/mol. The maximum Gasteiger partial charge on any atom is 0.238 e. The van der Waals surface area contributed by atoms with Gasteiger partial charge in [0.2, 0.25) is 11.8 Å². The number of nitrogens with zero attached hydrogens (tertiary/aromatic N) is 3. The van der Waals surface area contributed by atoms with Gasteiger partial charge < -0.3 is 9.57 Å². The van der Waals surface area contributed by atoms with Crippen LogP contribution in [0.4, 0.5) is 5.69 Å². The summed E-state index contributed by atoms with van der Waals surface area (Å²) in [5.41, 5.74) is 2.39. The smallest absolute Gasteiger partial charge is 0.238 e. The molecular formula is C24H19N3O4. The van der Waals surface area contributed by atoms with Crippen molar-refractivity contribution in [3.05, 3.63) is 60.2 Å². The molecule has 3 fully saturated rings. The molecule has 0 unspecified atom stereocenters. The standard InChI is InChI=1S/C24H19N3O4/c25-10-11-30-15-8-6-13(7-9-15)21-20-16-12-17(22(20)31-26-21)19-18(16)23(28)27(24(19)29)14-4-2-1-3-5-14/h1-9,16-20,22H,11-12H2/t16-,17+,18-,19+,20-,22-/m1/s1. The van der Waals surface area contributed by atoms with Crippen LogP contribution in [0.5, 0.6) is 5.75 Å². The molecule has 2 aromatic rings. The summed E-state index contributed by atoms with van der Waals surface area (Å²) in [4.78, 5) is 33.8. The van der Waals surface area contributed by atoms with Gasteiger partial charge in [0.05, 0.1) is 23.2 Å². The highest BCUT2D eigenvalue weighted by Gasteiger charge is 2.70. The summed E-state index contributed by atoms with van der Waals surface area (Å²) in [6.45, 7) is -0.00498. The van der Waals surface area contributed by atoms with Crippen molar-refractivity contribution < 1.29 is 19.2 Å². The van der Waals surface area contributed by atoms with Crippen molar-refractivity contribution in [2.75, 3.05) is 11.5 Å². The molecule has 2 bridgehead atoms. The second kappa shape index (κ2) is 6.67. The maximum atomic E-state index is 13.3. The quantitative estimate of drug-likeness (QED) is 0.719. The molecule has 0 radical (unpaired) electrons. The van der Waals surface area contributed by atoms with Crippen LogP contribution in [-0.2, 0) is 14.4 Å². The summed E-state index contributed by atoms with van der Waals surface area (Å²) in [6.07, 6.45) is 0.649. The molecule has 2 aliphatic carbocycles. The minimum atomic E-state index is -0.324. The number of benzene rings is 2. The zero-order chi connectivity index (χ0) is 21.1. The number of carbonyl (C=O) groups is 2. The van der Waals surface area contributed by atoms with Gasteiger partial charge in [0.15, 0.2) is 6.61 Å². The third kappa shape index (κ3) is 2.48. The van der Waals surface area contributed by atoms with Gasteiger partial charge in [-0.25, -0.2) is 0 Å². The van der Waals surface area contributed by atoms with E-state index in [-0.39, 0.29) is 54.1 Å². The minimum absolute atomic E-state index is 0.00426. The maximum absolute atomic E-state index is 13.3. The SMILES string of the molecule is N#CCOc1ccc(C2=NO[C@@H]3[C@H]4C[C@H]([C@H]5C(=O)N(c6ccccc6)C(=O)[C@@H]45)[C@H]23)cc1. The number of imide groups is 1. The van der Waals surface area contributed by atoms with Crippen molar-refractivity contribution >= 4 is 23.2 Å². The number of hydrogen-bond donors (Lipinski definition) is 0. The monoisotopic (exact) mass is 413 g/mol. The third-order valence-corrected chi connectivity index (χ3v) is 7.16. The van der Waals surface area contributed by atoms with E-state index in [9.17, 15) is 9.59 Å². The molecule has 31 heavy (non-hydrogen) atoms. The highest BCUT2D eigenvalue weighted by Crippen LogP contribution is 2.62. The summed E-state index contributed by atoms with van der Waals surface area (Å²) < 4.78 is 5.33. The zero-order valence-corrected chi connectivity index (χ0v) is 16.5. The van der Waals surface area contributed by atoms with Crippen molar-refractivity contribution in [1.82, 2.24) is 0 Å². The van der Waals surface area contributed by atoms with Crippen LogP contribution in [0.3, 0.4) is 0 Å². The van der Waals surface area contributed by atoms with Crippen LogP contribution >= 0.6 is 0 Å². The molecule has 2 amide bonds. The molecule has 4 aliphatic rings. The van der Waals surface area contributed by atoms with Gasteiger partial charge in [-0.1, -0.05) is 23.4 Å². The van der Waals surface area contributed by atoms with E-state index in [2.05, 4.69) is 5.16 Å². The van der Waals surface area contributed by atoms with E-state index in [1.807, 2.05) is 36.4 Å². The van der Waals surface area contributed by atoms with E-state index in [4.69, 9.17) is 14.8 Å². The van der Waals surface area contributed by atoms with Gasteiger partial charge in [-0.05, 0) is 48.7 Å². The van der Waals surface area contributed by atoms with Gasteiger partial charge in [0.1, 0.15) is 17.9 Å². The van der Waals surface area contributed by atoms with E-state index in [1.165, 1.54) is 4.90 Å². The molecule has 0 spiro atoms. The van der Waals surface area contributed by atoms with E-state index < -0.39 is 0 Å². The first-order valence-electron chi connectivity index (χ1n) is 10.5. The Labute approximate surface area is 178 Å². The Kier molecular flexibility index (Phi) is 3.90. The fourth-order valence-electron chi connectivity index (χ4n) is 6.03. The normalized spacial score (nSPS) is 32.4. The lowest BCUT2D eigenvalue weighted by Crippen LogP contribution is -2.41. The summed E-state index contributed by atoms with van der Waals surface area (Å²) >= 11 is 0. The lowest BCUT2D eigenvalue weighted by molar-refractivity contribution is -0.125. The number of carbonyl (C=O) groups excluding carboxylic acids is 2. The topological polar surface area (TPSA) is 92.0 Å². The molecule has 7 heteroatoms. The second-order valence-electron chi connectivity index (χ2n) is 8.51. The van der Waals surface area contributed by atoms with Gasteiger partial charge in [0, 0.05) is 17.4 Å². The van der Waals surface area contributed by atoms with Crippen LogP contribution in [0.2, 0.25) is 0 Å². The highest BCUT2D eigenvalue weighted by atomic mass is 16.6. The van der Waals surface area contributed by atoms with Crippen molar-refractivity contribution in [2.24, 2.45) is 34.7 Å². The molecule has 1 saturated heterocycles. The molecule has 2 aromatic carbocycles. The average Bonchev–Trinajstić information content (AvgIpc) is 3.53. The van der Waals surface area contributed by atoms with Crippen molar-refractivity contribution in [1.29, 1.82) is 5.26 Å². The molecular weight excluding hydrogens is 394 g/mol. The molecule has 6 rings (SSSR count). The largest absolute Gasteiger partial charge is 0.479 e. The first kappa shape index (κ1) is 18.1. The third-order valence-electron chi connectivity index (χ3n) is 7.16. The number of hydrogen-bond acceptors (Lipinski definition) is 6. The predicted octanol–water partition coefficient (Wildman–Crippen LogP) is 2.76. The van der Waals surface area contributed by atoms with E-state index in [1.54, 1.807) is 24.3 Å². The molecule has 154 valence electrons. The lowest BCUT2D eigenvalue weighted by Gasteiger charge is -2.29. The number of amides is 2. The fraction of sp³-hybridized carbons (Fsp3) is 0.333. The second-order valence-corrected chi connectivity index (χ2v) is 8.51. The molecule has 0 aromatic heterocycles. The van der Waals surface area contributed by atoms with E-state index >= 15 is 0 Å². The summed E-state index contributed by atoms with van der Waals surface area (Å²) in [7, 11) is 0. The Morgan fingerprint density at radius 3 is 2.42 bits per heavy atom. The van der Waals surface area contributed by atoms with Crippen LogP contribution < -0.4 is 9.64 Å². The Morgan fingerprint density at radius 1 is 1.00 bits per heavy atom. The molecule has 2 saturated carbocycles. The predicted molar refractivity (Wildman–Crippen MR) is 110 cm³/mol. The van der Waals surface area contributed by atoms with Crippen LogP contribution in [0.25, 0.3) is 0 Å². The Hall–Kier alpha value is -3.66. The molecule has 2 heterocycles. The number of nitriles is 1. The number of rotatable bonds is 4. The summed E-state index contributed by atoms with van der Waals surface area (Å²) in [5, 5.41) is 13.0. The molecule has 7 nitrogen and oxygen atoms in total. The summed E-state index contributed by atoms with van der Waals surface area (Å²) in [6, 6.07) is 18.5. The van der Waals surface area contributed by atoms with Gasteiger partial charge in [-0.2, -0.15) is 5.26 Å². The van der Waals surface area contributed by atoms with Gasteiger partial charge in [-0.3, -0.25) is 14.5 Å². The van der Waals surface area contributed by atoms with Crippen LogP contribution in [-0.4, -0.2) is 30.2 Å². The Morgan fingerprint density at radius 2 is 1.71 bits per heavy atom. The molecule has 2 aliphatic heterocycles. The Balaban J connectivity index is 1.29. The van der Waals surface area contributed by atoms with Gasteiger partial charge in [-0.15, -0.1) is 0 Å². The lowest BCUT2D eigenvalue weighted by atomic mass is 9.71. The number of oxime groups is 1. The number of fused-ring (bicyclic) bond motifs is 8. The van der Waals surface area contributed by atoms with Crippen LogP contribution in [0.1, 0.15) is 12.0 Å².